The summed E-state index contributed by atoms with van der Waals surface area (Å²) in [6, 6.07) is 9.45. The first-order chi connectivity index (χ1) is 9.61. The van der Waals surface area contributed by atoms with Gasteiger partial charge in [0, 0.05) is 13.3 Å². The predicted molar refractivity (Wildman–Crippen MR) is 74.6 cm³/mol. The average Bonchev–Trinajstić information content (AvgIpc) is 2.42. The average molecular weight is 282 g/mol. The van der Waals surface area contributed by atoms with E-state index in [4.69, 9.17) is 14.2 Å². The predicted octanol–water partition coefficient (Wildman–Crippen LogP) is 1.78. The van der Waals surface area contributed by atoms with Crippen LogP contribution in [0.4, 0.5) is 0 Å². The molecule has 0 aliphatic carbocycles. The van der Waals surface area contributed by atoms with Crippen molar-refractivity contribution in [3.8, 4) is 5.75 Å². The monoisotopic (exact) mass is 282 g/mol. The van der Waals surface area contributed by atoms with E-state index < -0.39 is 0 Å². The minimum atomic E-state index is -0.358. The molecule has 0 amide bonds. The Hall–Kier alpha value is -1.59. The number of ether oxygens (including phenoxy) is 3. The first kappa shape index (κ1) is 16.5. The zero-order valence-electron chi connectivity index (χ0n) is 12.0. The lowest BCUT2D eigenvalue weighted by Crippen LogP contribution is -2.27. The van der Waals surface area contributed by atoms with Gasteiger partial charge in [-0.2, -0.15) is 0 Å². The number of para-hydroxylation sites is 1. The molecule has 2 unspecified atom stereocenters. The smallest absolute Gasteiger partial charge is 0.302 e. The fourth-order valence-corrected chi connectivity index (χ4v) is 1.79. The van der Waals surface area contributed by atoms with E-state index in [-0.39, 0.29) is 24.8 Å². The largest absolute Gasteiger partial charge is 0.491 e. The van der Waals surface area contributed by atoms with E-state index in [2.05, 4.69) is 0 Å². The van der Waals surface area contributed by atoms with Crippen molar-refractivity contribution in [1.82, 2.24) is 0 Å². The van der Waals surface area contributed by atoms with Crippen LogP contribution in [0.25, 0.3) is 0 Å². The third-order valence-electron chi connectivity index (χ3n) is 2.61. The van der Waals surface area contributed by atoms with E-state index in [0.717, 1.165) is 5.75 Å². The molecule has 1 aromatic carbocycles. The first-order valence-corrected chi connectivity index (χ1v) is 6.69. The second-order valence-corrected chi connectivity index (χ2v) is 4.49. The standard InChI is InChI=1S/C15H22O5/c1-12(20-13(2)17)10-15(11-16)19-9-8-18-14-6-4-3-5-7-14/h3-7,12,15-16H,8-11H2,1-2H3. The van der Waals surface area contributed by atoms with E-state index in [1.165, 1.54) is 6.92 Å². The van der Waals surface area contributed by atoms with Gasteiger partial charge >= 0.3 is 5.97 Å². The molecular weight excluding hydrogens is 260 g/mol. The molecule has 0 fully saturated rings. The van der Waals surface area contributed by atoms with Crippen LogP contribution in [0.3, 0.4) is 0 Å². The Morgan fingerprint density at radius 2 is 1.95 bits per heavy atom. The fraction of sp³-hybridized carbons (Fsp3) is 0.533. The summed E-state index contributed by atoms with van der Waals surface area (Å²) in [5.74, 6) is 0.450. The van der Waals surface area contributed by atoms with Crippen molar-refractivity contribution in [3.05, 3.63) is 30.3 Å². The van der Waals surface area contributed by atoms with Gasteiger partial charge in [0.1, 0.15) is 18.5 Å². The van der Waals surface area contributed by atoms with Crippen LogP contribution in [0, 0.1) is 0 Å². The molecule has 5 heteroatoms. The van der Waals surface area contributed by atoms with Crippen LogP contribution in [0.15, 0.2) is 30.3 Å². The maximum absolute atomic E-state index is 10.8. The lowest BCUT2D eigenvalue weighted by molar-refractivity contribution is -0.147. The summed E-state index contributed by atoms with van der Waals surface area (Å²) in [6.45, 7) is 3.79. The summed E-state index contributed by atoms with van der Waals surface area (Å²) in [4.78, 5) is 10.8. The number of esters is 1. The summed E-state index contributed by atoms with van der Waals surface area (Å²) < 4.78 is 16.0. The number of carbonyl (C=O) groups excluding carboxylic acids is 1. The molecule has 1 aromatic rings. The van der Waals surface area contributed by atoms with Crippen LogP contribution in [-0.4, -0.2) is 43.1 Å². The molecule has 0 aliphatic rings. The van der Waals surface area contributed by atoms with E-state index in [0.29, 0.717) is 19.6 Å². The number of hydrogen-bond acceptors (Lipinski definition) is 5. The third-order valence-corrected chi connectivity index (χ3v) is 2.61. The number of carbonyl (C=O) groups is 1. The Morgan fingerprint density at radius 1 is 1.25 bits per heavy atom. The lowest BCUT2D eigenvalue weighted by Gasteiger charge is -2.19. The molecule has 0 aliphatic heterocycles. The molecular formula is C15H22O5. The molecule has 2 atom stereocenters. The molecule has 1 N–H and O–H groups in total. The van der Waals surface area contributed by atoms with Gasteiger partial charge in [-0.1, -0.05) is 18.2 Å². The highest BCUT2D eigenvalue weighted by Crippen LogP contribution is 2.09. The molecule has 5 nitrogen and oxygen atoms in total. The fourth-order valence-electron chi connectivity index (χ4n) is 1.79. The normalized spacial score (nSPS) is 13.6. The van der Waals surface area contributed by atoms with Gasteiger partial charge < -0.3 is 19.3 Å². The Bertz CT molecular complexity index is 379. The van der Waals surface area contributed by atoms with Crippen molar-refractivity contribution >= 4 is 5.97 Å². The highest BCUT2D eigenvalue weighted by Gasteiger charge is 2.15. The van der Waals surface area contributed by atoms with Gasteiger partial charge in [0.15, 0.2) is 0 Å². The van der Waals surface area contributed by atoms with E-state index in [9.17, 15) is 9.90 Å². The van der Waals surface area contributed by atoms with Crippen LogP contribution >= 0.6 is 0 Å². The van der Waals surface area contributed by atoms with E-state index in [1.54, 1.807) is 6.92 Å². The second-order valence-electron chi connectivity index (χ2n) is 4.49. The molecule has 0 spiro atoms. The molecule has 1 rings (SSSR count). The number of benzene rings is 1. The molecule has 0 saturated carbocycles. The molecule has 0 saturated heterocycles. The van der Waals surface area contributed by atoms with Crippen LogP contribution in [-0.2, 0) is 14.3 Å². The van der Waals surface area contributed by atoms with Crippen LogP contribution in [0.5, 0.6) is 5.75 Å². The van der Waals surface area contributed by atoms with E-state index >= 15 is 0 Å². The molecule has 0 aromatic heterocycles. The minimum absolute atomic E-state index is 0.114. The molecule has 112 valence electrons. The number of rotatable bonds is 9. The maximum atomic E-state index is 10.8. The van der Waals surface area contributed by atoms with Gasteiger partial charge in [0.25, 0.3) is 0 Å². The number of hydrogen-bond donors (Lipinski definition) is 1. The van der Waals surface area contributed by atoms with Crippen molar-refractivity contribution < 1.29 is 24.1 Å². The quantitative estimate of drug-likeness (QED) is 0.552. The summed E-state index contributed by atoms with van der Waals surface area (Å²) in [5.41, 5.74) is 0. The molecule has 0 radical (unpaired) electrons. The molecule has 20 heavy (non-hydrogen) atoms. The van der Waals surface area contributed by atoms with Crippen LogP contribution in [0.2, 0.25) is 0 Å². The third kappa shape index (κ3) is 7.11. The zero-order valence-corrected chi connectivity index (χ0v) is 12.0. The second kappa shape index (κ2) is 9.34. The van der Waals surface area contributed by atoms with Crippen molar-refractivity contribution in [2.75, 3.05) is 19.8 Å². The van der Waals surface area contributed by atoms with Crippen molar-refractivity contribution in [2.45, 2.75) is 32.5 Å². The minimum Gasteiger partial charge on any atom is -0.491 e. The van der Waals surface area contributed by atoms with Crippen molar-refractivity contribution in [3.63, 3.8) is 0 Å². The van der Waals surface area contributed by atoms with Crippen LogP contribution < -0.4 is 4.74 Å². The van der Waals surface area contributed by atoms with Gasteiger partial charge in [-0.25, -0.2) is 0 Å². The summed E-state index contributed by atoms with van der Waals surface area (Å²) >= 11 is 0. The summed E-state index contributed by atoms with van der Waals surface area (Å²) in [5, 5.41) is 9.22. The number of aliphatic hydroxyl groups is 1. The Balaban J connectivity index is 2.19. The Kier molecular flexibility index (Phi) is 7.69. The van der Waals surface area contributed by atoms with Gasteiger partial charge in [0.05, 0.1) is 19.3 Å². The van der Waals surface area contributed by atoms with Gasteiger partial charge in [-0.15, -0.1) is 0 Å². The summed E-state index contributed by atoms with van der Waals surface area (Å²) in [7, 11) is 0. The topological polar surface area (TPSA) is 65.0 Å². The highest BCUT2D eigenvalue weighted by molar-refractivity contribution is 5.66. The first-order valence-electron chi connectivity index (χ1n) is 6.69. The van der Waals surface area contributed by atoms with Gasteiger partial charge in [-0.05, 0) is 19.1 Å². The molecule has 0 heterocycles. The van der Waals surface area contributed by atoms with Crippen LogP contribution in [0.1, 0.15) is 20.3 Å². The Labute approximate surface area is 119 Å². The highest BCUT2D eigenvalue weighted by atomic mass is 16.6. The van der Waals surface area contributed by atoms with Crippen molar-refractivity contribution in [2.24, 2.45) is 0 Å². The zero-order chi connectivity index (χ0) is 14.8. The lowest BCUT2D eigenvalue weighted by atomic mass is 10.2. The SMILES string of the molecule is CC(=O)OC(C)CC(CO)OCCOc1ccccc1. The van der Waals surface area contributed by atoms with Crippen molar-refractivity contribution in [1.29, 1.82) is 0 Å². The maximum Gasteiger partial charge on any atom is 0.302 e. The van der Waals surface area contributed by atoms with E-state index in [1.807, 2.05) is 30.3 Å². The number of aliphatic hydroxyl groups excluding tert-OH is 1. The summed E-state index contributed by atoms with van der Waals surface area (Å²) in [6.07, 6.45) is -0.176. The molecule has 0 bridgehead atoms. The van der Waals surface area contributed by atoms with Gasteiger partial charge in [-0.3, -0.25) is 4.79 Å². The van der Waals surface area contributed by atoms with Gasteiger partial charge in [0.2, 0.25) is 0 Å². The Morgan fingerprint density at radius 3 is 2.55 bits per heavy atom.